The van der Waals surface area contributed by atoms with Gasteiger partial charge in [0.2, 0.25) is 5.70 Å². The number of hydrogen-bond acceptors (Lipinski definition) is 3. The number of amides is 2. The van der Waals surface area contributed by atoms with Crippen LogP contribution in [-0.2, 0) is 4.79 Å². The van der Waals surface area contributed by atoms with Crippen LogP contribution in [-0.4, -0.2) is 53.4 Å². The Bertz CT molecular complexity index is 1300. The number of fused-ring (bicyclic) bond motifs is 7. The molecule has 0 aromatic rings. The Morgan fingerprint density at radius 1 is 1.00 bits per heavy atom. The molecule has 0 unspecified atom stereocenters. The summed E-state index contributed by atoms with van der Waals surface area (Å²) in [6, 6.07) is 0.137. The summed E-state index contributed by atoms with van der Waals surface area (Å²) in [6.45, 7) is 26.3. The van der Waals surface area contributed by atoms with Crippen LogP contribution in [0.2, 0.25) is 0 Å². The summed E-state index contributed by atoms with van der Waals surface area (Å²) in [5.74, 6) is 0.906. The number of hydrogen-bond donors (Lipinski definition) is 1. The van der Waals surface area contributed by atoms with Crippen LogP contribution < -0.4 is 0 Å². The molecule has 0 spiro atoms. The van der Waals surface area contributed by atoms with Crippen LogP contribution in [0.3, 0.4) is 0 Å². The van der Waals surface area contributed by atoms with Gasteiger partial charge in [-0.25, -0.2) is 9.64 Å². The number of nitrogens with zero attached hydrogens (tertiary/aromatic N) is 3. The molecule has 0 aromatic heterocycles. The van der Waals surface area contributed by atoms with Gasteiger partial charge in [0.1, 0.15) is 5.76 Å². The van der Waals surface area contributed by atoms with Crippen molar-refractivity contribution in [2.75, 3.05) is 26.7 Å². The number of allylic oxidation sites excluding steroid dienone is 4. The number of urea groups is 1. The monoisotopic (exact) mass is 561 g/mol. The number of aliphatic hydroxyl groups is 1. The van der Waals surface area contributed by atoms with Crippen LogP contribution in [0.15, 0.2) is 23.1 Å². The number of ketones is 1. The first kappa shape index (κ1) is 28.8. The second kappa shape index (κ2) is 8.64. The lowest BCUT2D eigenvalue weighted by Gasteiger charge is -2.70. The van der Waals surface area contributed by atoms with Gasteiger partial charge in [0.25, 0.3) is 0 Å². The Kier molecular flexibility index (Phi) is 6.07. The Morgan fingerprint density at radius 2 is 1.68 bits per heavy atom. The van der Waals surface area contributed by atoms with Crippen molar-refractivity contribution in [1.29, 1.82) is 0 Å². The van der Waals surface area contributed by atoms with Crippen molar-refractivity contribution in [2.45, 2.75) is 99.8 Å². The van der Waals surface area contributed by atoms with E-state index in [0.29, 0.717) is 12.1 Å². The number of likely N-dealkylation sites (N-methyl/N-ethyl adjacent to an activating group) is 1. The molecule has 6 nitrogen and oxygen atoms in total. The van der Waals surface area contributed by atoms with Crippen LogP contribution in [0.25, 0.3) is 4.85 Å². The molecule has 0 aromatic carbocycles. The number of rotatable bonds is 2. The largest absolute Gasteiger partial charge is 0.523 e. The Hall–Kier alpha value is -2.29. The van der Waals surface area contributed by atoms with E-state index in [4.69, 9.17) is 6.57 Å². The minimum atomic E-state index is -0.500. The second-order valence-corrected chi connectivity index (χ2v) is 17.0. The van der Waals surface area contributed by atoms with E-state index in [0.717, 1.165) is 64.6 Å². The topological polar surface area (TPSA) is 65.2 Å². The molecular formula is C35H51N3O3. The lowest BCUT2D eigenvalue weighted by Crippen LogP contribution is -2.65. The van der Waals surface area contributed by atoms with Crippen molar-refractivity contribution in [2.24, 2.45) is 50.2 Å². The van der Waals surface area contributed by atoms with Crippen LogP contribution in [0.5, 0.6) is 0 Å². The van der Waals surface area contributed by atoms with Gasteiger partial charge >= 0.3 is 6.03 Å². The molecular weight excluding hydrogens is 510 g/mol. The van der Waals surface area contributed by atoms with E-state index in [9.17, 15) is 14.7 Å². The molecule has 6 rings (SSSR count). The summed E-state index contributed by atoms with van der Waals surface area (Å²) in [6.07, 6.45) is 9.85. The molecule has 41 heavy (non-hydrogen) atoms. The minimum absolute atomic E-state index is 0.0162. The lowest BCUT2D eigenvalue weighted by atomic mass is 9.34. The first-order valence-corrected chi connectivity index (χ1v) is 16.0. The van der Waals surface area contributed by atoms with E-state index in [2.05, 4.69) is 58.2 Å². The molecule has 1 aliphatic heterocycles. The van der Waals surface area contributed by atoms with E-state index in [-0.39, 0.29) is 62.4 Å². The summed E-state index contributed by atoms with van der Waals surface area (Å²) in [5.41, 5.74) is 0.706. The van der Waals surface area contributed by atoms with Crippen molar-refractivity contribution in [3.63, 3.8) is 0 Å². The third-order valence-electron chi connectivity index (χ3n) is 14.1. The lowest BCUT2D eigenvalue weighted by molar-refractivity contribution is -0.174. The quantitative estimate of drug-likeness (QED) is 0.353. The first-order valence-electron chi connectivity index (χ1n) is 16.0. The molecule has 3 saturated carbocycles. The summed E-state index contributed by atoms with van der Waals surface area (Å²) in [5, 5.41) is 11.1. The van der Waals surface area contributed by atoms with E-state index in [1.165, 1.54) is 5.57 Å². The van der Waals surface area contributed by atoms with Gasteiger partial charge in [0.05, 0.1) is 6.57 Å². The molecule has 0 radical (unpaired) electrons. The van der Waals surface area contributed by atoms with Gasteiger partial charge in [-0.15, -0.1) is 0 Å². The Morgan fingerprint density at radius 3 is 2.32 bits per heavy atom. The molecule has 1 N–H and O–H groups in total. The molecule has 224 valence electrons. The zero-order chi connectivity index (χ0) is 30.0. The van der Waals surface area contributed by atoms with Gasteiger partial charge in [-0.05, 0) is 96.4 Å². The Balaban J connectivity index is 1.46. The van der Waals surface area contributed by atoms with Crippen LogP contribution in [0, 0.1) is 56.8 Å². The average molecular weight is 562 g/mol. The normalized spacial score (nSPS) is 44.9. The van der Waals surface area contributed by atoms with Gasteiger partial charge in [-0.1, -0.05) is 54.0 Å². The molecule has 4 fully saturated rings. The van der Waals surface area contributed by atoms with Crippen molar-refractivity contribution >= 4 is 11.8 Å². The number of carbonyl (C=O) groups excluding carboxylic acids is 2. The van der Waals surface area contributed by atoms with Gasteiger partial charge in [0.15, 0.2) is 5.78 Å². The van der Waals surface area contributed by atoms with Gasteiger partial charge < -0.3 is 14.9 Å². The molecule has 2 amide bonds. The number of aliphatic hydroxyl groups excluding tert-OH is 1. The van der Waals surface area contributed by atoms with Crippen molar-refractivity contribution in [3.05, 3.63) is 34.5 Å². The van der Waals surface area contributed by atoms with E-state index >= 15 is 0 Å². The maximum absolute atomic E-state index is 14.7. The van der Waals surface area contributed by atoms with Crippen LogP contribution in [0.1, 0.15) is 99.8 Å². The average Bonchev–Trinajstić information content (AvgIpc) is 3.20. The fourth-order valence-electron chi connectivity index (χ4n) is 11.5. The van der Waals surface area contributed by atoms with E-state index in [1.54, 1.807) is 0 Å². The predicted molar refractivity (Wildman–Crippen MR) is 161 cm³/mol. The standard InChI is InChI=1S/C35H51N3O3/c1-30(2)12-14-35(21-38-17-16-37(9)29(38)41)15-13-34(7)27(22(35)19-30)24(39)18-26-32(5)20-23(36-8)28(40)31(3,4)25(32)10-11-33(26,34)6/h18,22,25,27,40H,10-17,19-21H2,1-7,9H3/t22-,25-,27-,32-,33+,34+,35+/m0/s1. The van der Waals surface area contributed by atoms with Crippen molar-refractivity contribution in [1.82, 2.24) is 9.80 Å². The summed E-state index contributed by atoms with van der Waals surface area (Å²) < 4.78 is 0. The summed E-state index contributed by atoms with van der Waals surface area (Å²) >= 11 is 0. The molecule has 6 aliphatic rings. The third-order valence-corrected chi connectivity index (χ3v) is 14.1. The van der Waals surface area contributed by atoms with Crippen LogP contribution >= 0.6 is 0 Å². The summed E-state index contributed by atoms with van der Waals surface area (Å²) in [7, 11) is 1.90. The number of carbonyl (C=O) groups is 2. The van der Waals surface area contributed by atoms with E-state index < -0.39 is 5.41 Å². The highest BCUT2D eigenvalue weighted by atomic mass is 16.3. The minimum Gasteiger partial charge on any atom is -0.523 e. The smallest absolute Gasteiger partial charge is 0.319 e. The third kappa shape index (κ3) is 3.65. The van der Waals surface area contributed by atoms with Gasteiger partial charge in [0, 0.05) is 38.0 Å². The maximum atomic E-state index is 14.7. The fourth-order valence-corrected chi connectivity index (χ4v) is 11.5. The molecule has 0 bridgehead atoms. The molecule has 1 heterocycles. The van der Waals surface area contributed by atoms with Gasteiger partial charge in [-0.3, -0.25) is 4.79 Å². The second-order valence-electron chi connectivity index (χ2n) is 17.0. The van der Waals surface area contributed by atoms with Gasteiger partial charge in [-0.2, -0.15) is 0 Å². The highest BCUT2D eigenvalue weighted by Crippen LogP contribution is 2.75. The Labute approximate surface area is 247 Å². The highest BCUT2D eigenvalue weighted by Gasteiger charge is 2.70. The predicted octanol–water partition coefficient (Wildman–Crippen LogP) is 7.63. The fraction of sp³-hybridized carbons (Fsp3) is 0.800. The molecule has 6 heteroatoms. The zero-order valence-electron chi connectivity index (χ0n) is 26.7. The van der Waals surface area contributed by atoms with Crippen molar-refractivity contribution in [3.8, 4) is 0 Å². The van der Waals surface area contributed by atoms with Crippen LogP contribution in [0.4, 0.5) is 4.79 Å². The van der Waals surface area contributed by atoms with Crippen molar-refractivity contribution < 1.29 is 14.7 Å². The molecule has 7 atom stereocenters. The summed E-state index contributed by atoms with van der Waals surface area (Å²) in [4.78, 5) is 35.5. The highest BCUT2D eigenvalue weighted by molar-refractivity contribution is 5.95. The SMILES string of the molecule is [C-]#[N+]C1=C(O)C(C)(C)[C@@H]2CC[C@]3(C)C(=CC(=O)[C@@H]4[C@@H]5CC(C)(C)CC[C@]5(CN5CCN(C)C5=O)CC[C@]43C)[C@@]2(C)C1. The zero-order valence-corrected chi connectivity index (χ0v) is 26.7. The maximum Gasteiger partial charge on any atom is 0.319 e. The molecule has 1 saturated heterocycles. The van der Waals surface area contributed by atoms with E-state index in [1.807, 2.05) is 18.0 Å². The molecule has 5 aliphatic carbocycles. The first-order chi connectivity index (χ1) is 19.0.